The Labute approximate surface area is 193 Å². The average molecular weight is 448 g/mol. The van der Waals surface area contributed by atoms with E-state index in [0.29, 0.717) is 6.61 Å². The molecule has 1 aliphatic carbocycles. The van der Waals surface area contributed by atoms with Crippen LogP contribution in [0.25, 0.3) is 10.4 Å². The number of aryl methyl sites for hydroxylation is 2. The van der Waals surface area contributed by atoms with Crippen molar-refractivity contribution in [2.45, 2.75) is 12.8 Å². The van der Waals surface area contributed by atoms with Crippen molar-refractivity contribution in [2.75, 3.05) is 51.7 Å². The minimum atomic E-state index is -0.0722. The lowest BCUT2D eigenvalue weighted by atomic mass is 9.91. The fourth-order valence-electron chi connectivity index (χ4n) is 4.42. The Bertz CT molecular complexity index is 1100. The fraction of sp³-hybridized carbons (Fsp3) is 0.346. The van der Waals surface area contributed by atoms with Gasteiger partial charge in [0.1, 0.15) is 12.4 Å². The van der Waals surface area contributed by atoms with Crippen molar-refractivity contribution in [3.05, 3.63) is 70.6 Å². The van der Waals surface area contributed by atoms with Gasteiger partial charge in [-0.15, -0.1) is 11.3 Å². The molecule has 2 heterocycles. The molecule has 1 aliphatic heterocycles. The first-order chi connectivity index (χ1) is 15.7. The second kappa shape index (κ2) is 9.45. The molecule has 0 radical (unpaired) electrons. The highest BCUT2D eigenvalue weighted by molar-refractivity contribution is 7.17. The molecule has 166 valence electrons. The number of fused-ring (bicyclic) bond motifs is 3. The third kappa shape index (κ3) is 4.58. The normalized spacial score (nSPS) is 16.3. The molecule has 6 heteroatoms. The first kappa shape index (κ1) is 21.2. The van der Waals surface area contributed by atoms with Gasteiger partial charge in [-0.05, 0) is 54.8 Å². The molecular weight excluding hydrogens is 418 g/mol. The van der Waals surface area contributed by atoms with E-state index in [1.807, 2.05) is 24.3 Å². The maximum atomic E-state index is 13.1. The SMILES string of the molecule is CN1CCN(CCOc2ccccc2NC(=O)c2cc3c(s2)-c2ccccc2CC3)CC1. The van der Waals surface area contributed by atoms with Crippen LogP contribution >= 0.6 is 11.3 Å². The number of carbonyl (C=O) groups excluding carboxylic acids is 1. The van der Waals surface area contributed by atoms with Crippen molar-refractivity contribution in [3.8, 4) is 16.2 Å². The summed E-state index contributed by atoms with van der Waals surface area (Å²) in [6.07, 6.45) is 2.02. The molecule has 5 rings (SSSR count). The smallest absolute Gasteiger partial charge is 0.265 e. The van der Waals surface area contributed by atoms with Crippen molar-refractivity contribution in [3.63, 3.8) is 0 Å². The quantitative estimate of drug-likeness (QED) is 0.609. The molecule has 2 aromatic carbocycles. The van der Waals surface area contributed by atoms with Crippen LogP contribution in [0.5, 0.6) is 5.75 Å². The number of likely N-dealkylation sites (N-methyl/N-ethyl adjacent to an activating group) is 1. The molecule has 1 amide bonds. The second-order valence-electron chi connectivity index (χ2n) is 8.57. The van der Waals surface area contributed by atoms with E-state index < -0.39 is 0 Å². The summed E-state index contributed by atoms with van der Waals surface area (Å²) in [6.45, 7) is 5.85. The highest BCUT2D eigenvalue weighted by Crippen LogP contribution is 2.39. The lowest BCUT2D eigenvalue weighted by Gasteiger charge is -2.32. The highest BCUT2D eigenvalue weighted by Gasteiger charge is 2.22. The van der Waals surface area contributed by atoms with Gasteiger partial charge in [-0.2, -0.15) is 0 Å². The Balaban J connectivity index is 1.24. The van der Waals surface area contributed by atoms with Gasteiger partial charge < -0.3 is 15.0 Å². The lowest BCUT2D eigenvalue weighted by molar-refractivity contribution is 0.102. The molecule has 1 saturated heterocycles. The number of anilines is 1. The predicted octanol–water partition coefficient (Wildman–Crippen LogP) is 4.39. The van der Waals surface area contributed by atoms with Crippen LogP contribution in [0.4, 0.5) is 5.69 Å². The summed E-state index contributed by atoms with van der Waals surface area (Å²) in [7, 11) is 2.16. The first-order valence-electron chi connectivity index (χ1n) is 11.3. The number of piperazine rings is 1. The monoisotopic (exact) mass is 447 g/mol. The second-order valence-corrected chi connectivity index (χ2v) is 9.62. The summed E-state index contributed by atoms with van der Waals surface area (Å²) in [5.41, 5.74) is 4.64. The largest absolute Gasteiger partial charge is 0.490 e. The molecule has 0 atom stereocenters. The van der Waals surface area contributed by atoms with Gasteiger partial charge >= 0.3 is 0 Å². The summed E-state index contributed by atoms with van der Waals surface area (Å²) < 4.78 is 6.06. The molecule has 1 fully saturated rings. The van der Waals surface area contributed by atoms with E-state index in [2.05, 4.69) is 52.5 Å². The lowest BCUT2D eigenvalue weighted by Crippen LogP contribution is -2.45. The number of nitrogens with one attached hydrogen (secondary N) is 1. The van der Waals surface area contributed by atoms with Gasteiger partial charge in [0.05, 0.1) is 10.6 Å². The summed E-state index contributed by atoms with van der Waals surface area (Å²) >= 11 is 1.58. The molecular formula is C26H29N3O2S. The third-order valence-electron chi connectivity index (χ3n) is 6.35. The topological polar surface area (TPSA) is 44.8 Å². The minimum Gasteiger partial charge on any atom is -0.490 e. The minimum absolute atomic E-state index is 0.0722. The number of hydrogen-bond acceptors (Lipinski definition) is 5. The number of para-hydroxylation sites is 2. The van der Waals surface area contributed by atoms with Crippen molar-refractivity contribution >= 4 is 22.9 Å². The number of rotatable bonds is 6. The molecule has 0 unspecified atom stereocenters. The number of nitrogens with zero attached hydrogens (tertiary/aromatic N) is 2. The number of thiophene rings is 1. The molecule has 0 spiro atoms. The van der Waals surface area contributed by atoms with Gasteiger partial charge in [0.25, 0.3) is 5.91 Å². The van der Waals surface area contributed by atoms with Gasteiger partial charge in [-0.3, -0.25) is 9.69 Å². The number of hydrogen-bond donors (Lipinski definition) is 1. The standard InChI is InChI=1S/C26H29N3O2S/c1-28-12-14-29(15-13-28)16-17-31-23-9-5-4-8-22(23)27-26(30)24-18-20-11-10-19-6-2-3-7-21(19)25(20)32-24/h2-9,18H,10-17H2,1H3,(H,27,30). The fourth-order valence-corrected chi connectivity index (χ4v) is 5.59. The Morgan fingerprint density at radius 2 is 1.75 bits per heavy atom. The summed E-state index contributed by atoms with van der Waals surface area (Å²) in [4.78, 5) is 19.8. The molecule has 2 aliphatic rings. The number of carbonyl (C=O) groups is 1. The maximum absolute atomic E-state index is 13.1. The summed E-state index contributed by atoms with van der Waals surface area (Å²) in [5.74, 6) is 0.652. The zero-order valence-corrected chi connectivity index (χ0v) is 19.3. The maximum Gasteiger partial charge on any atom is 0.265 e. The van der Waals surface area contributed by atoms with Gasteiger partial charge in [-0.25, -0.2) is 0 Å². The van der Waals surface area contributed by atoms with E-state index in [4.69, 9.17) is 4.74 Å². The van der Waals surface area contributed by atoms with Crippen LogP contribution in [0.2, 0.25) is 0 Å². The zero-order valence-electron chi connectivity index (χ0n) is 18.5. The van der Waals surface area contributed by atoms with Crippen molar-refractivity contribution in [1.82, 2.24) is 9.80 Å². The van der Waals surface area contributed by atoms with Crippen LogP contribution in [-0.4, -0.2) is 62.1 Å². The molecule has 0 bridgehead atoms. The first-order valence-corrected chi connectivity index (χ1v) is 12.1. The number of ether oxygens (including phenoxy) is 1. The average Bonchev–Trinajstić information content (AvgIpc) is 3.27. The molecule has 5 nitrogen and oxygen atoms in total. The van der Waals surface area contributed by atoms with Gasteiger partial charge in [-0.1, -0.05) is 36.4 Å². The van der Waals surface area contributed by atoms with Crippen LogP contribution in [0.3, 0.4) is 0 Å². The predicted molar refractivity (Wildman–Crippen MR) is 131 cm³/mol. The van der Waals surface area contributed by atoms with E-state index in [1.54, 1.807) is 11.3 Å². The van der Waals surface area contributed by atoms with Crippen LogP contribution in [0.1, 0.15) is 20.8 Å². The Kier molecular flexibility index (Phi) is 6.26. The van der Waals surface area contributed by atoms with Crippen LogP contribution in [-0.2, 0) is 12.8 Å². The number of benzene rings is 2. The van der Waals surface area contributed by atoms with Gasteiger partial charge in [0, 0.05) is 37.6 Å². The van der Waals surface area contributed by atoms with Crippen molar-refractivity contribution in [2.24, 2.45) is 0 Å². The van der Waals surface area contributed by atoms with E-state index in [9.17, 15) is 4.79 Å². The van der Waals surface area contributed by atoms with Gasteiger partial charge in [0.15, 0.2) is 0 Å². The molecule has 1 aromatic heterocycles. The van der Waals surface area contributed by atoms with Crippen LogP contribution < -0.4 is 10.1 Å². The van der Waals surface area contributed by atoms with E-state index in [-0.39, 0.29) is 5.91 Å². The molecule has 1 N–H and O–H groups in total. The molecule has 0 saturated carbocycles. The van der Waals surface area contributed by atoms with E-state index in [1.165, 1.54) is 21.6 Å². The number of amides is 1. The molecule has 3 aromatic rings. The summed E-state index contributed by atoms with van der Waals surface area (Å²) in [6, 6.07) is 18.3. The third-order valence-corrected chi connectivity index (χ3v) is 7.56. The van der Waals surface area contributed by atoms with E-state index in [0.717, 1.165) is 61.9 Å². The Morgan fingerprint density at radius 1 is 1.00 bits per heavy atom. The van der Waals surface area contributed by atoms with Crippen molar-refractivity contribution < 1.29 is 9.53 Å². The van der Waals surface area contributed by atoms with Crippen LogP contribution in [0, 0.1) is 0 Å². The van der Waals surface area contributed by atoms with Crippen LogP contribution in [0.15, 0.2) is 54.6 Å². The zero-order chi connectivity index (χ0) is 21.9. The Morgan fingerprint density at radius 3 is 2.62 bits per heavy atom. The molecule has 32 heavy (non-hydrogen) atoms. The van der Waals surface area contributed by atoms with E-state index >= 15 is 0 Å². The Hall–Kier alpha value is -2.67. The highest BCUT2D eigenvalue weighted by atomic mass is 32.1. The van der Waals surface area contributed by atoms with Crippen molar-refractivity contribution in [1.29, 1.82) is 0 Å². The summed E-state index contributed by atoms with van der Waals surface area (Å²) in [5, 5.41) is 3.08. The van der Waals surface area contributed by atoms with Gasteiger partial charge in [0.2, 0.25) is 0 Å².